The molecule has 0 heterocycles. The lowest BCUT2D eigenvalue weighted by Crippen LogP contribution is -2.44. The van der Waals surface area contributed by atoms with Crippen LogP contribution in [0.25, 0.3) is 11.1 Å². The molecule has 70 heavy (non-hydrogen) atoms. The Morgan fingerprint density at radius 3 is 1.56 bits per heavy atom. The SMILES string of the molecule is CCCCCCCCCCCCCCCC(=O)C[C@@H](CCC(=O)N[C@@H](CCC(=O)CCCCC[C@H](NC(=O)OCC1c2ccccc2-c2ccccc21)C(=O)O)C(=O)OC(C)(C)C)C(=O)OC(C)(C)C. The van der Waals surface area contributed by atoms with Gasteiger partial charge in [-0.1, -0.05) is 145 Å². The van der Waals surface area contributed by atoms with Crippen molar-refractivity contribution in [2.75, 3.05) is 6.61 Å². The van der Waals surface area contributed by atoms with Gasteiger partial charge in [-0.2, -0.15) is 0 Å². The Morgan fingerprint density at radius 1 is 0.543 bits per heavy atom. The van der Waals surface area contributed by atoms with Crippen molar-refractivity contribution in [1.82, 2.24) is 10.6 Å². The summed E-state index contributed by atoms with van der Waals surface area (Å²) in [5.41, 5.74) is 2.63. The third-order valence-electron chi connectivity index (χ3n) is 12.6. The van der Waals surface area contributed by atoms with Crippen LogP contribution in [0.1, 0.15) is 220 Å². The number of carbonyl (C=O) groups is 7. The standard InChI is InChI=1S/C57H86N2O11/c1-8-9-10-11-12-13-14-15-16-17-18-19-21-29-43(61)39-41(53(65)69-56(2,3)4)35-38-51(62)58-50(54(66)70-57(5,6)7)37-36-42(60)28-22-20-23-34-49(52(63)64)59-55(67)68-40-48-46-32-26-24-30-44(46)45-31-25-27-33-47(45)48/h24-27,30-33,41,48-50H,8-23,28-29,34-40H2,1-7H3,(H,58,62)(H,59,67)(H,63,64)/t41-,49+,50+/m1/s1. The number of esters is 2. The number of hydrogen-bond acceptors (Lipinski definition) is 10. The molecule has 2 amide bonds. The number of alkyl carbamates (subject to hydrolysis) is 1. The molecule has 0 radical (unpaired) electrons. The number of carboxylic acids is 1. The molecule has 0 aromatic heterocycles. The van der Waals surface area contributed by atoms with Gasteiger partial charge in [-0.15, -0.1) is 0 Å². The van der Waals surface area contributed by atoms with Crippen molar-refractivity contribution in [3.05, 3.63) is 59.7 Å². The molecule has 0 unspecified atom stereocenters. The minimum absolute atomic E-state index is 0.00224. The number of carboxylic acid groups (broad SMARTS) is 1. The summed E-state index contributed by atoms with van der Waals surface area (Å²) in [5, 5.41) is 15.0. The second-order valence-electron chi connectivity index (χ2n) is 21.2. The topological polar surface area (TPSA) is 191 Å². The largest absolute Gasteiger partial charge is 0.480 e. The minimum Gasteiger partial charge on any atom is -0.480 e. The zero-order valence-corrected chi connectivity index (χ0v) is 43.6. The Balaban J connectivity index is 1.41. The highest BCUT2D eigenvalue weighted by Crippen LogP contribution is 2.44. The van der Waals surface area contributed by atoms with E-state index in [4.69, 9.17) is 14.2 Å². The summed E-state index contributed by atoms with van der Waals surface area (Å²) < 4.78 is 16.8. The molecule has 2 aromatic rings. The predicted octanol–water partition coefficient (Wildman–Crippen LogP) is 12.3. The van der Waals surface area contributed by atoms with E-state index in [1.54, 1.807) is 41.5 Å². The number of carbonyl (C=O) groups excluding carboxylic acids is 6. The van der Waals surface area contributed by atoms with Crippen molar-refractivity contribution in [3.8, 4) is 11.1 Å². The molecule has 13 heteroatoms. The molecule has 3 N–H and O–H groups in total. The van der Waals surface area contributed by atoms with E-state index >= 15 is 0 Å². The maximum atomic E-state index is 13.4. The number of unbranched alkanes of at least 4 members (excludes halogenated alkanes) is 14. The lowest BCUT2D eigenvalue weighted by Gasteiger charge is -2.25. The normalized spacial score (nSPS) is 13.6. The molecular formula is C57H86N2O11. The summed E-state index contributed by atoms with van der Waals surface area (Å²) in [6, 6.07) is 13.6. The molecule has 3 rings (SSSR count). The second-order valence-corrected chi connectivity index (χ2v) is 21.2. The maximum absolute atomic E-state index is 13.4. The van der Waals surface area contributed by atoms with Crippen molar-refractivity contribution in [1.29, 1.82) is 0 Å². The van der Waals surface area contributed by atoms with Crippen molar-refractivity contribution in [3.63, 3.8) is 0 Å². The van der Waals surface area contributed by atoms with Crippen LogP contribution in [-0.4, -0.2) is 76.5 Å². The lowest BCUT2D eigenvalue weighted by molar-refractivity contribution is -0.162. The van der Waals surface area contributed by atoms with Gasteiger partial charge in [0.25, 0.3) is 0 Å². The fraction of sp³-hybridized carbons (Fsp3) is 0.667. The molecule has 1 aliphatic rings. The predicted molar refractivity (Wildman–Crippen MR) is 273 cm³/mol. The van der Waals surface area contributed by atoms with Crippen LogP contribution in [0.2, 0.25) is 0 Å². The van der Waals surface area contributed by atoms with Crippen LogP contribution in [0.15, 0.2) is 48.5 Å². The minimum atomic E-state index is -1.19. The van der Waals surface area contributed by atoms with Gasteiger partial charge in [0.2, 0.25) is 5.91 Å². The number of ketones is 2. The first-order valence-electron chi connectivity index (χ1n) is 26.4. The van der Waals surface area contributed by atoms with Crippen molar-refractivity contribution < 1.29 is 52.9 Å². The summed E-state index contributed by atoms with van der Waals surface area (Å²) in [4.78, 5) is 90.8. The molecular weight excluding hydrogens is 889 g/mol. The second kappa shape index (κ2) is 31.3. The first-order valence-corrected chi connectivity index (χ1v) is 26.4. The van der Waals surface area contributed by atoms with E-state index in [2.05, 4.69) is 17.6 Å². The van der Waals surface area contributed by atoms with E-state index < -0.39 is 59.1 Å². The van der Waals surface area contributed by atoms with Crippen LogP contribution in [0.5, 0.6) is 0 Å². The molecule has 3 atom stereocenters. The molecule has 390 valence electrons. The van der Waals surface area contributed by atoms with Gasteiger partial charge in [0.1, 0.15) is 41.5 Å². The highest BCUT2D eigenvalue weighted by Gasteiger charge is 2.32. The van der Waals surface area contributed by atoms with Gasteiger partial charge >= 0.3 is 24.0 Å². The Kier molecular flexibility index (Phi) is 26.5. The van der Waals surface area contributed by atoms with Crippen molar-refractivity contribution in [2.45, 2.75) is 232 Å². The van der Waals surface area contributed by atoms with Gasteiger partial charge in [-0.05, 0) is 95.9 Å². The number of Topliss-reactive ketones (excluding diaryl/α,β-unsaturated/α-hetero) is 2. The first kappa shape index (κ1) is 59.2. The number of rotatable bonds is 35. The number of aliphatic carboxylic acids is 1. The summed E-state index contributed by atoms with van der Waals surface area (Å²) in [5.74, 6) is -4.10. The average Bonchev–Trinajstić information content (AvgIpc) is 3.61. The third kappa shape index (κ3) is 23.7. The molecule has 0 aliphatic heterocycles. The molecule has 0 fully saturated rings. The number of amides is 2. The quantitative estimate of drug-likeness (QED) is 0.0338. The summed E-state index contributed by atoms with van der Waals surface area (Å²) in [6.07, 6.45) is 16.8. The van der Waals surface area contributed by atoms with Crippen LogP contribution in [0.4, 0.5) is 4.79 Å². The van der Waals surface area contributed by atoms with Crippen molar-refractivity contribution in [2.24, 2.45) is 5.92 Å². The number of benzene rings is 2. The van der Waals surface area contributed by atoms with Crippen LogP contribution in [0, 0.1) is 5.92 Å². The zero-order chi connectivity index (χ0) is 51.5. The molecule has 0 saturated carbocycles. The number of nitrogens with one attached hydrogen (secondary N) is 2. The van der Waals surface area contributed by atoms with E-state index in [-0.39, 0.29) is 69.0 Å². The van der Waals surface area contributed by atoms with Gasteiger partial charge in [0.05, 0.1) is 5.92 Å². The Bertz CT molecular complexity index is 1920. The van der Waals surface area contributed by atoms with Gasteiger partial charge < -0.3 is 30.0 Å². The fourth-order valence-electron chi connectivity index (χ4n) is 8.92. The highest BCUT2D eigenvalue weighted by molar-refractivity contribution is 5.87. The van der Waals surface area contributed by atoms with Crippen LogP contribution < -0.4 is 10.6 Å². The lowest BCUT2D eigenvalue weighted by atomic mass is 9.94. The van der Waals surface area contributed by atoms with Gasteiger partial charge in [0, 0.05) is 38.0 Å². The van der Waals surface area contributed by atoms with Crippen LogP contribution in [0.3, 0.4) is 0 Å². The van der Waals surface area contributed by atoms with E-state index in [9.17, 15) is 38.7 Å². The summed E-state index contributed by atoms with van der Waals surface area (Å²) >= 11 is 0. The smallest absolute Gasteiger partial charge is 0.407 e. The molecule has 0 saturated heterocycles. The summed E-state index contributed by atoms with van der Waals surface area (Å²) in [6.45, 7) is 12.7. The van der Waals surface area contributed by atoms with E-state index in [1.165, 1.54) is 57.8 Å². The molecule has 2 aromatic carbocycles. The van der Waals surface area contributed by atoms with Gasteiger partial charge in [0.15, 0.2) is 0 Å². The highest BCUT2D eigenvalue weighted by atomic mass is 16.6. The zero-order valence-electron chi connectivity index (χ0n) is 43.6. The van der Waals surface area contributed by atoms with E-state index in [1.807, 2.05) is 48.5 Å². The number of fused-ring (bicyclic) bond motifs is 3. The Hall–Kier alpha value is -5.07. The average molecular weight is 975 g/mol. The van der Waals surface area contributed by atoms with Gasteiger partial charge in [-0.3, -0.25) is 19.2 Å². The maximum Gasteiger partial charge on any atom is 0.407 e. The van der Waals surface area contributed by atoms with Crippen LogP contribution in [-0.2, 0) is 43.0 Å². The fourth-order valence-corrected chi connectivity index (χ4v) is 8.92. The van der Waals surface area contributed by atoms with Gasteiger partial charge in [-0.25, -0.2) is 14.4 Å². The number of ether oxygens (including phenoxy) is 3. The third-order valence-corrected chi connectivity index (χ3v) is 12.6. The Labute approximate surface area is 418 Å². The van der Waals surface area contributed by atoms with Crippen molar-refractivity contribution >= 4 is 41.5 Å². The molecule has 0 spiro atoms. The van der Waals surface area contributed by atoms with Crippen LogP contribution >= 0.6 is 0 Å². The molecule has 1 aliphatic carbocycles. The number of hydrogen-bond donors (Lipinski definition) is 3. The van der Waals surface area contributed by atoms with E-state index in [0.717, 1.165) is 47.9 Å². The molecule has 0 bridgehead atoms. The monoisotopic (exact) mass is 975 g/mol. The van der Waals surface area contributed by atoms with E-state index in [0.29, 0.717) is 25.7 Å². The molecule has 13 nitrogen and oxygen atoms in total. The first-order chi connectivity index (χ1) is 33.3. The summed E-state index contributed by atoms with van der Waals surface area (Å²) in [7, 11) is 0. The Morgan fingerprint density at radius 2 is 1.03 bits per heavy atom.